The first-order chi connectivity index (χ1) is 12.0. The number of halogens is 1. The third kappa shape index (κ3) is 4.23. The van der Waals surface area contributed by atoms with Gasteiger partial charge in [-0.2, -0.15) is 4.98 Å². The van der Waals surface area contributed by atoms with Crippen LogP contribution in [0.2, 0.25) is 0 Å². The van der Waals surface area contributed by atoms with E-state index in [9.17, 15) is 14.0 Å². The number of esters is 1. The molecular weight excluding hydrogens is 351 g/mol. The quantitative estimate of drug-likeness (QED) is 0.695. The van der Waals surface area contributed by atoms with Crippen LogP contribution < -0.4 is 5.32 Å². The van der Waals surface area contributed by atoms with Crippen LogP contribution in [0.3, 0.4) is 0 Å². The number of carbonyl (C=O) groups is 2. The van der Waals surface area contributed by atoms with Crippen LogP contribution in [-0.2, 0) is 16.1 Å². The Hall–Kier alpha value is -3.14. The average molecular weight is 362 g/mol. The number of hydrogen-bond donors (Lipinski definition) is 1. The molecule has 1 aromatic carbocycles. The van der Waals surface area contributed by atoms with Crippen molar-refractivity contribution in [1.82, 2.24) is 15.1 Å². The van der Waals surface area contributed by atoms with E-state index in [0.717, 1.165) is 11.3 Å². The Balaban J connectivity index is 1.60. The van der Waals surface area contributed by atoms with Crippen LogP contribution in [0.25, 0.3) is 11.4 Å². The number of amides is 1. The second-order valence-corrected chi connectivity index (χ2v) is 5.67. The van der Waals surface area contributed by atoms with Crippen molar-refractivity contribution in [3.8, 4) is 11.4 Å². The van der Waals surface area contributed by atoms with Crippen molar-refractivity contribution in [1.29, 1.82) is 0 Å². The fraction of sp³-hybridized carbons (Fsp3) is 0.133. The fourth-order valence-electron chi connectivity index (χ4n) is 1.81. The molecule has 0 aliphatic carbocycles. The normalized spacial score (nSPS) is 10.5. The van der Waals surface area contributed by atoms with Crippen LogP contribution in [0, 0.1) is 5.82 Å². The summed E-state index contributed by atoms with van der Waals surface area (Å²) in [5, 5.41) is 7.98. The van der Waals surface area contributed by atoms with Crippen molar-refractivity contribution in [2.45, 2.75) is 13.5 Å². The van der Waals surface area contributed by atoms with E-state index >= 15 is 0 Å². The van der Waals surface area contributed by atoms with Crippen LogP contribution in [0.4, 0.5) is 9.52 Å². The van der Waals surface area contributed by atoms with Gasteiger partial charge in [0.05, 0.1) is 0 Å². The highest BCUT2D eigenvalue weighted by Gasteiger charge is 2.15. The van der Waals surface area contributed by atoms with E-state index in [4.69, 9.17) is 9.26 Å². The van der Waals surface area contributed by atoms with Crippen molar-refractivity contribution in [2.75, 3.05) is 5.32 Å². The fourth-order valence-corrected chi connectivity index (χ4v) is 2.53. The summed E-state index contributed by atoms with van der Waals surface area (Å²) in [6, 6.07) is 5.57. The minimum absolute atomic E-state index is 0.0621. The second-order valence-electron chi connectivity index (χ2n) is 4.81. The summed E-state index contributed by atoms with van der Waals surface area (Å²) in [4.78, 5) is 30.8. The van der Waals surface area contributed by atoms with Gasteiger partial charge in [-0.25, -0.2) is 14.2 Å². The van der Waals surface area contributed by atoms with E-state index in [1.165, 1.54) is 36.6 Å². The largest absolute Gasteiger partial charge is 0.451 e. The number of thiazole rings is 1. The molecule has 3 rings (SSSR count). The summed E-state index contributed by atoms with van der Waals surface area (Å²) in [5.41, 5.74) is 0.634. The summed E-state index contributed by atoms with van der Waals surface area (Å²) in [6.45, 7) is 1.10. The summed E-state index contributed by atoms with van der Waals surface area (Å²) < 4.78 is 22.9. The number of hydrogen-bond acceptors (Lipinski definition) is 8. The van der Waals surface area contributed by atoms with E-state index < -0.39 is 5.97 Å². The number of nitrogens with one attached hydrogen (secondary N) is 1. The highest BCUT2D eigenvalue weighted by molar-refractivity contribution is 7.14. The minimum Gasteiger partial charge on any atom is -0.451 e. The van der Waals surface area contributed by atoms with E-state index in [1.54, 1.807) is 0 Å². The lowest BCUT2D eigenvalue weighted by Gasteiger charge is -1.98. The molecule has 0 spiro atoms. The topological polar surface area (TPSA) is 107 Å². The van der Waals surface area contributed by atoms with Crippen molar-refractivity contribution in [3.63, 3.8) is 0 Å². The molecule has 0 unspecified atom stereocenters. The maximum Gasteiger partial charge on any atom is 0.358 e. The first-order valence-electron chi connectivity index (χ1n) is 7.00. The van der Waals surface area contributed by atoms with Crippen LogP contribution in [-0.4, -0.2) is 27.0 Å². The molecule has 2 aromatic heterocycles. The Bertz CT molecular complexity index is 906. The zero-order valence-electron chi connectivity index (χ0n) is 12.9. The van der Waals surface area contributed by atoms with Gasteiger partial charge in [0.25, 0.3) is 5.89 Å². The lowest BCUT2D eigenvalue weighted by molar-refractivity contribution is -0.114. The highest BCUT2D eigenvalue weighted by atomic mass is 32.1. The Morgan fingerprint density at radius 3 is 2.76 bits per heavy atom. The number of nitrogens with zero attached hydrogens (tertiary/aromatic N) is 3. The van der Waals surface area contributed by atoms with E-state index in [1.807, 2.05) is 0 Å². The standard InChI is InChI=1S/C15H11FN4O4S/c1-8(21)17-15-18-11(7-25-15)14(22)23-6-12-19-13(20-24-12)9-2-4-10(16)5-3-9/h2-5,7H,6H2,1H3,(H,17,18,21). The van der Waals surface area contributed by atoms with Crippen LogP contribution in [0.1, 0.15) is 23.3 Å². The first kappa shape index (κ1) is 16.7. The average Bonchev–Trinajstić information content (AvgIpc) is 3.22. The summed E-state index contributed by atoms with van der Waals surface area (Å²) in [6.07, 6.45) is 0. The first-order valence-corrected chi connectivity index (χ1v) is 7.88. The van der Waals surface area contributed by atoms with Crippen molar-refractivity contribution in [2.24, 2.45) is 0 Å². The molecule has 0 fully saturated rings. The molecule has 0 aliphatic rings. The monoisotopic (exact) mass is 362 g/mol. The van der Waals surface area contributed by atoms with Crippen LogP contribution in [0.15, 0.2) is 34.2 Å². The van der Waals surface area contributed by atoms with Crippen molar-refractivity contribution in [3.05, 3.63) is 47.0 Å². The number of anilines is 1. The Morgan fingerprint density at radius 2 is 2.04 bits per heavy atom. The summed E-state index contributed by atoms with van der Waals surface area (Å²) in [7, 11) is 0. The molecule has 2 heterocycles. The van der Waals surface area contributed by atoms with E-state index in [0.29, 0.717) is 10.7 Å². The van der Waals surface area contributed by atoms with Gasteiger partial charge >= 0.3 is 5.97 Å². The van der Waals surface area contributed by atoms with Crippen molar-refractivity contribution < 1.29 is 23.2 Å². The zero-order valence-corrected chi connectivity index (χ0v) is 13.7. The molecule has 0 atom stereocenters. The van der Waals surface area contributed by atoms with Crippen LogP contribution in [0.5, 0.6) is 0 Å². The smallest absolute Gasteiger partial charge is 0.358 e. The van der Waals surface area contributed by atoms with Gasteiger partial charge in [0.15, 0.2) is 17.4 Å². The third-order valence-electron chi connectivity index (χ3n) is 2.89. The number of rotatable bonds is 5. The molecule has 8 nitrogen and oxygen atoms in total. The van der Waals surface area contributed by atoms with Crippen LogP contribution >= 0.6 is 11.3 Å². The molecule has 10 heteroatoms. The van der Waals surface area contributed by atoms with Gasteiger partial charge in [-0.05, 0) is 24.3 Å². The molecule has 0 aliphatic heterocycles. The van der Waals surface area contributed by atoms with Gasteiger partial charge in [-0.15, -0.1) is 11.3 Å². The summed E-state index contributed by atoms with van der Waals surface area (Å²) >= 11 is 1.10. The third-order valence-corrected chi connectivity index (χ3v) is 3.65. The Labute approximate surface area is 144 Å². The molecule has 0 bridgehead atoms. The molecule has 0 saturated carbocycles. The van der Waals surface area contributed by atoms with Gasteiger partial charge in [0.2, 0.25) is 11.7 Å². The minimum atomic E-state index is -0.686. The summed E-state index contributed by atoms with van der Waals surface area (Å²) in [5.74, 6) is -0.997. The molecule has 0 saturated heterocycles. The predicted molar refractivity (Wildman–Crippen MR) is 85.2 cm³/mol. The lowest BCUT2D eigenvalue weighted by atomic mass is 10.2. The van der Waals surface area contributed by atoms with Gasteiger partial charge in [0, 0.05) is 17.9 Å². The maximum absolute atomic E-state index is 12.9. The molecule has 3 aromatic rings. The SMILES string of the molecule is CC(=O)Nc1nc(C(=O)OCc2nc(-c3ccc(F)cc3)no2)cs1. The zero-order chi connectivity index (χ0) is 17.8. The van der Waals surface area contributed by atoms with E-state index in [-0.39, 0.29) is 35.7 Å². The van der Waals surface area contributed by atoms with E-state index in [2.05, 4.69) is 20.4 Å². The van der Waals surface area contributed by atoms with Gasteiger partial charge in [0.1, 0.15) is 5.82 Å². The molecule has 1 N–H and O–H groups in total. The number of aromatic nitrogens is 3. The number of ether oxygens (including phenoxy) is 1. The predicted octanol–water partition coefficient (Wildman–Crippen LogP) is 2.65. The second kappa shape index (κ2) is 7.18. The molecular formula is C15H11FN4O4S. The molecule has 1 amide bonds. The number of benzene rings is 1. The Morgan fingerprint density at radius 1 is 1.28 bits per heavy atom. The highest BCUT2D eigenvalue weighted by Crippen LogP contribution is 2.18. The van der Waals surface area contributed by atoms with Gasteiger partial charge in [-0.3, -0.25) is 4.79 Å². The lowest BCUT2D eigenvalue weighted by Crippen LogP contribution is -2.08. The van der Waals surface area contributed by atoms with Gasteiger partial charge in [-0.1, -0.05) is 5.16 Å². The molecule has 128 valence electrons. The molecule has 25 heavy (non-hydrogen) atoms. The molecule has 0 radical (unpaired) electrons. The number of carbonyl (C=O) groups excluding carboxylic acids is 2. The van der Waals surface area contributed by atoms with Crippen molar-refractivity contribution >= 4 is 28.3 Å². The Kier molecular flexibility index (Phi) is 4.80. The van der Waals surface area contributed by atoms with Gasteiger partial charge < -0.3 is 14.6 Å². The maximum atomic E-state index is 12.9.